The zero-order chi connectivity index (χ0) is 34.8. The Morgan fingerprint density at radius 3 is 1.58 bits per heavy atom. The van der Waals surface area contributed by atoms with E-state index in [2.05, 4.69) is 34.1 Å². The van der Waals surface area contributed by atoms with Crippen LogP contribution in [0.4, 0.5) is 0 Å². The molecule has 2 aliphatic carbocycles. The van der Waals surface area contributed by atoms with E-state index in [1.165, 1.54) is 77.0 Å². The lowest BCUT2D eigenvalue weighted by atomic mass is 9.84. The normalized spacial score (nSPS) is 17.4. The summed E-state index contributed by atoms with van der Waals surface area (Å²) < 4.78 is 16.3. The summed E-state index contributed by atoms with van der Waals surface area (Å²) in [5.41, 5.74) is -0.466. The fourth-order valence-corrected chi connectivity index (χ4v) is 7.20. The smallest absolute Gasteiger partial charge is 0.307 e. The van der Waals surface area contributed by atoms with Crippen molar-refractivity contribution in [3.63, 3.8) is 0 Å². The van der Waals surface area contributed by atoms with Gasteiger partial charge >= 0.3 is 11.9 Å². The van der Waals surface area contributed by atoms with Crippen molar-refractivity contribution in [1.82, 2.24) is 20.3 Å². The third-order valence-electron chi connectivity index (χ3n) is 9.65. The number of carboxylic acids is 1. The number of carbonyl (C=O) groups is 2. The van der Waals surface area contributed by atoms with Crippen LogP contribution in [-0.2, 0) is 27.2 Å². The van der Waals surface area contributed by atoms with Crippen molar-refractivity contribution >= 4 is 11.9 Å². The van der Waals surface area contributed by atoms with Crippen LogP contribution in [0.3, 0.4) is 0 Å². The molecule has 10 heteroatoms. The number of hydrogen-bond acceptors (Lipinski definition) is 9. The van der Waals surface area contributed by atoms with Gasteiger partial charge in [-0.2, -0.15) is 9.97 Å². The predicted molar refractivity (Wildman–Crippen MR) is 186 cm³/mol. The first-order valence-electron chi connectivity index (χ1n) is 19.1. The Balaban J connectivity index is 0.000000264. The van der Waals surface area contributed by atoms with E-state index in [1.807, 2.05) is 20.8 Å². The molecule has 0 bridgehead atoms. The zero-order valence-electron chi connectivity index (χ0n) is 30.6. The molecule has 2 heterocycles. The third kappa shape index (κ3) is 15.6. The number of carboxylic acid groups (broad SMARTS) is 1. The first-order valence-corrected chi connectivity index (χ1v) is 19.1. The molecule has 10 nitrogen and oxygen atoms in total. The summed E-state index contributed by atoms with van der Waals surface area (Å²) in [5, 5.41) is 17.1. The Bertz CT molecular complexity index is 1180. The molecule has 1 N–H and O–H groups in total. The zero-order valence-corrected chi connectivity index (χ0v) is 30.6. The largest absolute Gasteiger partial charge is 0.481 e. The Labute approximate surface area is 288 Å². The predicted octanol–water partition coefficient (Wildman–Crippen LogP) is 9.92. The lowest BCUT2D eigenvalue weighted by Crippen LogP contribution is -2.25. The van der Waals surface area contributed by atoms with Crippen molar-refractivity contribution in [1.29, 1.82) is 0 Å². The average Bonchev–Trinajstić information content (AvgIpc) is 3.71. The van der Waals surface area contributed by atoms with Gasteiger partial charge in [0.1, 0.15) is 5.60 Å². The standard InChI is InChI=1S/C21H36N2O3.C17H28N2O3/c1-5-10-18-22-20(26-23-18)17(15-19(24)25-21(2,3)4)14-9-13-16-11-7-6-8-12-16;1-2-7-15-18-17(22-19-15)14(12-16(20)21)11-6-10-13-8-4-3-5-9-13/h16-17H,5-15H2,1-4H3;13-14H,2-12H2,1H3,(H,20,21)/t17-;14-/m11/s1. The van der Waals surface area contributed by atoms with E-state index in [9.17, 15) is 9.59 Å². The van der Waals surface area contributed by atoms with Crippen molar-refractivity contribution in [3.05, 3.63) is 23.4 Å². The second-order valence-electron chi connectivity index (χ2n) is 15.2. The third-order valence-corrected chi connectivity index (χ3v) is 9.65. The second kappa shape index (κ2) is 21.3. The Kier molecular flexibility index (Phi) is 17.6. The minimum atomic E-state index is -0.794. The molecule has 0 spiro atoms. The molecular formula is C38H64N4O6. The number of ether oxygens (including phenoxy) is 1. The van der Waals surface area contributed by atoms with E-state index in [0.29, 0.717) is 24.0 Å². The van der Waals surface area contributed by atoms with Crippen LogP contribution in [0.2, 0.25) is 0 Å². The van der Waals surface area contributed by atoms with Crippen molar-refractivity contribution in [2.75, 3.05) is 0 Å². The molecule has 4 rings (SSSR count). The Morgan fingerprint density at radius 1 is 0.750 bits per heavy atom. The SMILES string of the molecule is CCCc1noc([C@H](CCCC2CCCCC2)CC(=O)O)n1.CCCc1noc([C@H](CCCC2CCCCC2)CC(=O)OC(C)(C)C)n1. The van der Waals surface area contributed by atoms with Crippen LogP contribution in [0.15, 0.2) is 9.05 Å². The quantitative estimate of drug-likeness (QED) is 0.152. The van der Waals surface area contributed by atoms with Crippen LogP contribution in [-0.4, -0.2) is 42.9 Å². The van der Waals surface area contributed by atoms with Gasteiger partial charge in [0.05, 0.1) is 12.8 Å². The average molecular weight is 673 g/mol. The molecule has 2 atom stereocenters. The van der Waals surface area contributed by atoms with Gasteiger partial charge < -0.3 is 18.9 Å². The minimum absolute atomic E-state index is 0.0356. The molecule has 0 saturated heterocycles. The molecule has 2 aromatic rings. The molecule has 48 heavy (non-hydrogen) atoms. The van der Waals surface area contributed by atoms with E-state index in [0.717, 1.165) is 69.0 Å². The molecule has 2 aliphatic rings. The van der Waals surface area contributed by atoms with Gasteiger partial charge in [-0.3, -0.25) is 9.59 Å². The van der Waals surface area contributed by atoms with Crippen molar-refractivity contribution in [3.8, 4) is 0 Å². The molecule has 0 unspecified atom stereocenters. The summed E-state index contributed by atoms with van der Waals surface area (Å²) >= 11 is 0. The van der Waals surface area contributed by atoms with Crippen molar-refractivity contribution in [2.45, 2.75) is 193 Å². The van der Waals surface area contributed by atoms with Gasteiger partial charge in [-0.15, -0.1) is 0 Å². The van der Waals surface area contributed by atoms with Crippen molar-refractivity contribution < 1.29 is 28.5 Å². The van der Waals surface area contributed by atoms with Gasteiger partial charge in [-0.25, -0.2) is 0 Å². The van der Waals surface area contributed by atoms with E-state index < -0.39 is 11.6 Å². The fraction of sp³-hybridized carbons (Fsp3) is 0.842. The highest BCUT2D eigenvalue weighted by Gasteiger charge is 2.27. The van der Waals surface area contributed by atoms with Crippen molar-refractivity contribution in [2.24, 2.45) is 11.8 Å². The fourth-order valence-electron chi connectivity index (χ4n) is 7.20. The van der Waals surface area contributed by atoms with Gasteiger partial charge in [0.25, 0.3) is 0 Å². The number of nitrogens with zero attached hydrogens (tertiary/aromatic N) is 4. The first-order chi connectivity index (χ1) is 23.1. The summed E-state index contributed by atoms with van der Waals surface area (Å²) in [6.45, 7) is 9.85. The summed E-state index contributed by atoms with van der Waals surface area (Å²) in [6, 6.07) is 0. The van der Waals surface area contributed by atoms with Crippen LogP contribution < -0.4 is 0 Å². The van der Waals surface area contributed by atoms with Crippen LogP contribution in [0, 0.1) is 11.8 Å². The number of aliphatic carboxylic acids is 1. The van der Waals surface area contributed by atoms with E-state index in [-0.39, 0.29) is 24.2 Å². The number of esters is 1. The highest BCUT2D eigenvalue weighted by molar-refractivity contribution is 5.70. The van der Waals surface area contributed by atoms with Crippen LogP contribution in [0.25, 0.3) is 0 Å². The van der Waals surface area contributed by atoms with E-state index >= 15 is 0 Å². The molecule has 272 valence electrons. The molecule has 0 amide bonds. The number of hydrogen-bond donors (Lipinski definition) is 1. The topological polar surface area (TPSA) is 141 Å². The van der Waals surface area contributed by atoms with Gasteiger partial charge in [0.2, 0.25) is 11.8 Å². The summed E-state index contributed by atoms with van der Waals surface area (Å²) in [6.07, 6.45) is 23.9. The maximum atomic E-state index is 12.3. The maximum Gasteiger partial charge on any atom is 0.307 e. The number of rotatable bonds is 18. The molecule has 0 radical (unpaired) electrons. The number of carbonyl (C=O) groups excluding carboxylic acids is 1. The van der Waals surface area contributed by atoms with Crippen LogP contribution in [0.1, 0.15) is 198 Å². The summed E-state index contributed by atoms with van der Waals surface area (Å²) in [4.78, 5) is 32.3. The van der Waals surface area contributed by atoms with Gasteiger partial charge in [0.15, 0.2) is 11.6 Å². The molecule has 0 aromatic carbocycles. The minimum Gasteiger partial charge on any atom is -0.481 e. The van der Waals surface area contributed by atoms with E-state index in [4.69, 9.17) is 18.9 Å². The van der Waals surface area contributed by atoms with Gasteiger partial charge in [-0.05, 0) is 58.3 Å². The molecule has 2 aromatic heterocycles. The number of aryl methyl sites for hydroxylation is 2. The Morgan fingerprint density at radius 2 is 1.19 bits per heavy atom. The lowest BCUT2D eigenvalue weighted by Gasteiger charge is -2.23. The van der Waals surface area contributed by atoms with Crippen LogP contribution in [0.5, 0.6) is 0 Å². The number of aromatic nitrogens is 4. The maximum absolute atomic E-state index is 12.3. The molecular weight excluding hydrogens is 608 g/mol. The monoisotopic (exact) mass is 672 g/mol. The summed E-state index contributed by atoms with van der Waals surface area (Å²) in [5.74, 6) is 3.07. The Hall–Kier alpha value is -2.78. The lowest BCUT2D eigenvalue weighted by molar-refractivity contribution is -0.155. The highest BCUT2D eigenvalue weighted by Crippen LogP contribution is 2.33. The van der Waals surface area contributed by atoms with Gasteiger partial charge in [-0.1, -0.05) is 114 Å². The molecule has 2 saturated carbocycles. The van der Waals surface area contributed by atoms with E-state index in [1.54, 1.807) is 0 Å². The van der Waals surface area contributed by atoms with Crippen LogP contribution >= 0.6 is 0 Å². The second-order valence-corrected chi connectivity index (χ2v) is 15.2. The van der Waals surface area contributed by atoms with Gasteiger partial charge in [0, 0.05) is 24.7 Å². The molecule has 2 fully saturated rings. The first kappa shape index (κ1) is 39.7. The molecule has 0 aliphatic heterocycles. The summed E-state index contributed by atoms with van der Waals surface area (Å²) in [7, 11) is 0. The highest BCUT2D eigenvalue weighted by atomic mass is 16.6.